The van der Waals surface area contributed by atoms with Gasteiger partial charge in [0.2, 0.25) is 5.89 Å². The second-order valence-corrected chi connectivity index (χ2v) is 7.73. The number of benzene rings is 2. The maximum atomic E-state index is 6.03. The van der Waals surface area contributed by atoms with Crippen molar-refractivity contribution in [2.45, 2.75) is 31.7 Å². The van der Waals surface area contributed by atoms with E-state index in [-0.39, 0.29) is 6.04 Å². The Kier molecular flexibility index (Phi) is 5.44. The first-order valence-electron chi connectivity index (χ1n) is 10.6. The molecule has 152 valence electrons. The van der Waals surface area contributed by atoms with Crippen LogP contribution in [-0.2, 0) is 4.74 Å². The molecule has 0 amide bonds. The molecule has 5 heteroatoms. The quantitative estimate of drug-likeness (QED) is 0.606. The summed E-state index contributed by atoms with van der Waals surface area (Å²) in [6.07, 6.45) is 8.42. The van der Waals surface area contributed by atoms with Crippen LogP contribution in [0.3, 0.4) is 0 Å². The molecule has 1 aliphatic heterocycles. The number of aromatic nitrogens is 2. The fraction of sp³-hybridized carbons (Fsp3) is 0.280. The number of nitrogens with zero attached hydrogens (tertiary/aromatic N) is 2. The fourth-order valence-electron chi connectivity index (χ4n) is 4.21. The molecule has 0 fully saturated rings. The molecular weight excluding hydrogens is 374 g/mol. The van der Waals surface area contributed by atoms with Crippen molar-refractivity contribution < 1.29 is 9.15 Å². The van der Waals surface area contributed by atoms with Crippen LogP contribution in [-0.4, -0.2) is 29.5 Å². The Hall–Kier alpha value is -3.18. The molecule has 0 spiro atoms. The smallest absolute Gasteiger partial charge is 0.315 e. The first-order valence-corrected chi connectivity index (χ1v) is 10.6. The van der Waals surface area contributed by atoms with Gasteiger partial charge in [0.1, 0.15) is 0 Å². The van der Waals surface area contributed by atoms with Gasteiger partial charge in [-0.05, 0) is 54.0 Å². The third kappa shape index (κ3) is 4.07. The molecule has 0 radical (unpaired) electrons. The SMILES string of the molecule is C1=C(c2ccccc2)CC(Nc2nnc(-c3ccccc3C3=CCOCC3)o2)CC1. The van der Waals surface area contributed by atoms with Crippen LogP contribution in [0.5, 0.6) is 0 Å². The minimum Gasteiger partial charge on any atom is -0.403 e. The zero-order valence-electron chi connectivity index (χ0n) is 16.9. The standard InChI is InChI=1S/C25H25N3O2/c1-2-7-18(8-3-1)20-9-6-10-21(17-20)26-25-28-27-24(30-25)23-12-5-4-11-22(23)19-13-15-29-16-14-19/h1-5,7-9,11-13,21H,6,10,14-17H2,(H,26,28). The van der Waals surface area contributed by atoms with Crippen molar-refractivity contribution >= 4 is 17.2 Å². The lowest BCUT2D eigenvalue weighted by Gasteiger charge is -2.23. The van der Waals surface area contributed by atoms with E-state index in [1.54, 1.807) is 0 Å². The lowest BCUT2D eigenvalue weighted by molar-refractivity contribution is 0.161. The number of hydrogen-bond donors (Lipinski definition) is 1. The number of rotatable bonds is 5. The Morgan fingerprint density at radius 1 is 0.867 bits per heavy atom. The molecule has 3 aromatic rings. The molecule has 2 aliphatic rings. The maximum absolute atomic E-state index is 6.03. The third-order valence-corrected chi connectivity index (χ3v) is 5.74. The highest BCUT2D eigenvalue weighted by atomic mass is 16.5. The van der Waals surface area contributed by atoms with Crippen LogP contribution in [0.2, 0.25) is 0 Å². The summed E-state index contributed by atoms with van der Waals surface area (Å²) >= 11 is 0. The van der Waals surface area contributed by atoms with Gasteiger partial charge < -0.3 is 14.5 Å². The van der Waals surface area contributed by atoms with Gasteiger partial charge >= 0.3 is 6.01 Å². The van der Waals surface area contributed by atoms with Gasteiger partial charge in [0, 0.05) is 11.6 Å². The molecule has 0 bridgehead atoms. The van der Waals surface area contributed by atoms with Crippen molar-refractivity contribution in [1.29, 1.82) is 0 Å². The van der Waals surface area contributed by atoms with E-state index in [0.717, 1.165) is 43.4 Å². The van der Waals surface area contributed by atoms with Crippen LogP contribution >= 0.6 is 0 Å². The lowest BCUT2D eigenvalue weighted by atomic mass is 9.90. The molecule has 1 aromatic heterocycles. The molecule has 0 saturated heterocycles. The average Bonchev–Trinajstić information content (AvgIpc) is 3.29. The molecule has 0 saturated carbocycles. The minimum absolute atomic E-state index is 0.284. The predicted octanol–water partition coefficient (Wildman–Crippen LogP) is 5.59. The van der Waals surface area contributed by atoms with Crippen molar-refractivity contribution in [3.05, 3.63) is 77.9 Å². The Labute approximate surface area is 176 Å². The summed E-state index contributed by atoms with van der Waals surface area (Å²) in [5.74, 6) is 0.551. The minimum atomic E-state index is 0.284. The van der Waals surface area contributed by atoms with Crippen molar-refractivity contribution in [2.75, 3.05) is 18.5 Å². The van der Waals surface area contributed by atoms with Crippen molar-refractivity contribution in [3.63, 3.8) is 0 Å². The van der Waals surface area contributed by atoms with E-state index in [2.05, 4.69) is 64.1 Å². The summed E-state index contributed by atoms with van der Waals surface area (Å²) in [5.41, 5.74) is 6.04. The van der Waals surface area contributed by atoms with E-state index in [1.165, 1.54) is 16.7 Å². The molecule has 1 aliphatic carbocycles. The van der Waals surface area contributed by atoms with Gasteiger partial charge in [0.05, 0.1) is 13.2 Å². The van der Waals surface area contributed by atoms with Gasteiger partial charge in [-0.3, -0.25) is 0 Å². The topological polar surface area (TPSA) is 60.2 Å². The molecule has 2 heterocycles. The molecule has 30 heavy (non-hydrogen) atoms. The first-order chi connectivity index (χ1) is 14.9. The number of ether oxygens (including phenoxy) is 1. The molecule has 2 aromatic carbocycles. The molecule has 1 unspecified atom stereocenters. The maximum Gasteiger partial charge on any atom is 0.315 e. The number of anilines is 1. The summed E-state index contributed by atoms with van der Waals surface area (Å²) < 4.78 is 11.5. The van der Waals surface area contributed by atoms with Crippen LogP contribution in [0.1, 0.15) is 36.8 Å². The van der Waals surface area contributed by atoms with E-state index >= 15 is 0 Å². The zero-order valence-corrected chi connectivity index (χ0v) is 16.9. The van der Waals surface area contributed by atoms with Gasteiger partial charge in [-0.15, -0.1) is 5.10 Å². The highest BCUT2D eigenvalue weighted by Crippen LogP contribution is 2.33. The van der Waals surface area contributed by atoms with Crippen molar-refractivity contribution in [1.82, 2.24) is 10.2 Å². The van der Waals surface area contributed by atoms with E-state index < -0.39 is 0 Å². The average molecular weight is 399 g/mol. The van der Waals surface area contributed by atoms with Gasteiger partial charge in [-0.1, -0.05) is 65.8 Å². The number of allylic oxidation sites excluding steroid dienone is 1. The summed E-state index contributed by atoms with van der Waals surface area (Å²) in [7, 11) is 0. The van der Waals surface area contributed by atoms with Gasteiger partial charge in [-0.25, -0.2) is 0 Å². The van der Waals surface area contributed by atoms with Crippen molar-refractivity contribution in [2.24, 2.45) is 0 Å². The van der Waals surface area contributed by atoms with Crippen LogP contribution in [0.25, 0.3) is 22.6 Å². The highest BCUT2D eigenvalue weighted by molar-refractivity contribution is 5.78. The normalized spacial score (nSPS) is 19.1. The monoisotopic (exact) mass is 399 g/mol. The summed E-state index contributed by atoms with van der Waals surface area (Å²) in [4.78, 5) is 0. The molecule has 1 atom stereocenters. The van der Waals surface area contributed by atoms with Gasteiger partial charge in [-0.2, -0.15) is 0 Å². The predicted molar refractivity (Wildman–Crippen MR) is 119 cm³/mol. The summed E-state index contributed by atoms with van der Waals surface area (Å²) in [6, 6.07) is 19.5. The van der Waals surface area contributed by atoms with Crippen LogP contribution in [0, 0.1) is 0 Å². The van der Waals surface area contributed by atoms with Gasteiger partial charge in [0.15, 0.2) is 0 Å². The summed E-state index contributed by atoms with van der Waals surface area (Å²) in [6.45, 7) is 1.40. The zero-order chi connectivity index (χ0) is 20.2. The Morgan fingerprint density at radius 3 is 2.53 bits per heavy atom. The number of hydrogen-bond acceptors (Lipinski definition) is 5. The van der Waals surface area contributed by atoms with E-state index in [0.29, 0.717) is 18.5 Å². The molecule has 5 nitrogen and oxygen atoms in total. The molecular formula is C25H25N3O2. The fourth-order valence-corrected chi connectivity index (χ4v) is 4.21. The van der Waals surface area contributed by atoms with E-state index in [4.69, 9.17) is 9.15 Å². The highest BCUT2D eigenvalue weighted by Gasteiger charge is 2.20. The Bertz CT molecular complexity index is 1070. The third-order valence-electron chi connectivity index (χ3n) is 5.74. The Morgan fingerprint density at radius 2 is 1.70 bits per heavy atom. The molecule has 5 rings (SSSR count). The van der Waals surface area contributed by atoms with Gasteiger partial charge in [0.25, 0.3) is 0 Å². The largest absolute Gasteiger partial charge is 0.403 e. The van der Waals surface area contributed by atoms with Crippen LogP contribution in [0.4, 0.5) is 6.01 Å². The van der Waals surface area contributed by atoms with E-state index in [1.807, 2.05) is 18.2 Å². The van der Waals surface area contributed by atoms with Crippen molar-refractivity contribution in [3.8, 4) is 11.5 Å². The van der Waals surface area contributed by atoms with Crippen LogP contribution < -0.4 is 5.32 Å². The van der Waals surface area contributed by atoms with E-state index in [9.17, 15) is 0 Å². The lowest BCUT2D eigenvalue weighted by Crippen LogP contribution is -2.22. The number of nitrogens with one attached hydrogen (secondary N) is 1. The van der Waals surface area contributed by atoms with Crippen LogP contribution in [0.15, 0.2) is 71.2 Å². The second-order valence-electron chi connectivity index (χ2n) is 7.73. The molecule has 1 N–H and O–H groups in total. The second kappa shape index (κ2) is 8.67. The Balaban J connectivity index is 1.32. The first kappa shape index (κ1) is 18.8. The summed E-state index contributed by atoms with van der Waals surface area (Å²) in [5, 5.41) is 12.1.